The molecule has 1 heterocycles. The lowest BCUT2D eigenvalue weighted by atomic mass is 10.2. The summed E-state index contributed by atoms with van der Waals surface area (Å²) in [6, 6.07) is 5.09. The van der Waals surface area contributed by atoms with Crippen LogP contribution in [0.1, 0.15) is 18.8 Å². The number of hydrogen-bond donors (Lipinski definition) is 1. The van der Waals surface area contributed by atoms with Gasteiger partial charge in [0.05, 0.1) is 18.2 Å². The Hall–Kier alpha value is -0.700. The Labute approximate surface area is 129 Å². The fourth-order valence-electron chi connectivity index (χ4n) is 1.48. The summed E-state index contributed by atoms with van der Waals surface area (Å²) >= 11 is 8.15. The second-order valence-corrected chi connectivity index (χ2v) is 5.45. The van der Waals surface area contributed by atoms with Gasteiger partial charge >= 0.3 is 0 Å². The molecule has 7 heteroatoms. The lowest BCUT2D eigenvalue weighted by Crippen LogP contribution is -2.18. The summed E-state index contributed by atoms with van der Waals surface area (Å²) < 4.78 is 11.4. The van der Waals surface area contributed by atoms with Crippen molar-refractivity contribution >= 4 is 34.2 Å². The smallest absolute Gasteiger partial charge is 0.259 e. The highest BCUT2D eigenvalue weighted by Crippen LogP contribution is 2.27. The molecule has 0 radical (unpaired) electrons. The first-order valence-electron chi connectivity index (χ1n) is 5.74. The van der Waals surface area contributed by atoms with Gasteiger partial charge in [-0.05, 0) is 47.7 Å². The van der Waals surface area contributed by atoms with Crippen LogP contribution >= 0.6 is 34.2 Å². The Morgan fingerprint density at radius 1 is 1.53 bits per heavy atom. The van der Waals surface area contributed by atoms with Crippen molar-refractivity contribution in [2.75, 3.05) is 13.2 Å². The number of benzene rings is 1. The lowest BCUT2D eigenvalue weighted by molar-refractivity contribution is 0.130. The number of ether oxygens (including phenoxy) is 1. The second kappa shape index (κ2) is 6.65. The molecule has 1 unspecified atom stereocenters. The molecule has 2 aromatic rings. The highest BCUT2D eigenvalue weighted by atomic mass is 127. The normalized spacial score (nSPS) is 12.6. The minimum Gasteiger partial charge on any atom is -0.380 e. The first kappa shape index (κ1) is 14.7. The van der Waals surface area contributed by atoms with Crippen molar-refractivity contribution in [2.24, 2.45) is 5.73 Å². The van der Waals surface area contributed by atoms with E-state index < -0.39 is 6.04 Å². The maximum absolute atomic E-state index is 5.97. The van der Waals surface area contributed by atoms with E-state index in [2.05, 4.69) is 32.7 Å². The van der Waals surface area contributed by atoms with Gasteiger partial charge in [0.2, 0.25) is 0 Å². The monoisotopic (exact) mass is 393 g/mol. The Morgan fingerprint density at radius 2 is 2.32 bits per heavy atom. The van der Waals surface area contributed by atoms with Gasteiger partial charge in [0.1, 0.15) is 0 Å². The summed E-state index contributed by atoms with van der Waals surface area (Å²) in [6.45, 7) is 2.87. The van der Waals surface area contributed by atoms with Gasteiger partial charge in [-0.2, -0.15) is 4.98 Å². The van der Waals surface area contributed by atoms with Gasteiger partial charge in [-0.3, -0.25) is 0 Å². The average Bonchev–Trinajstić information content (AvgIpc) is 2.88. The predicted octanol–water partition coefficient (Wildman–Crippen LogP) is 3.03. The average molecular weight is 394 g/mol. The highest BCUT2D eigenvalue weighted by Gasteiger charge is 2.17. The lowest BCUT2D eigenvalue weighted by Gasteiger charge is -2.05. The van der Waals surface area contributed by atoms with Crippen LogP contribution in [0.5, 0.6) is 0 Å². The third kappa shape index (κ3) is 3.65. The Morgan fingerprint density at radius 3 is 3.05 bits per heavy atom. The van der Waals surface area contributed by atoms with Crippen molar-refractivity contribution < 1.29 is 9.26 Å². The van der Waals surface area contributed by atoms with E-state index in [1.165, 1.54) is 0 Å². The summed E-state index contributed by atoms with van der Waals surface area (Å²) in [7, 11) is 0. The molecular formula is C12H13ClIN3O2. The van der Waals surface area contributed by atoms with Gasteiger partial charge in [-0.25, -0.2) is 0 Å². The quantitative estimate of drug-likeness (QED) is 0.791. The molecule has 0 bridgehead atoms. The van der Waals surface area contributed by atoms with Crippen LogP contribution in [-0.4, -0.2) is 23.4 Å². The molecule has 0 fully saturated rings. The van der Waals surface area contributed by atoms with Crippen molar-refractivity contribution in [3.63, 3.8) is 0 Å². The molecule has 0 saturated carbocycles. The Bertz CT molecular complexity index is 562. The number of halogens is 2. The molecule has 2 rings (SSSR count). The molecule has 1 aromatic carbocycles. The summed E-state index contributed by atoms with van der Waals surface area (Å²) in [6.07, 6.45) is 0. The van der Waals surface area contributed by atoms with Crippen LogP contribution in [-0.2, 0) is 4.74 Å². The molecule has 0 saturated heterocycles. The number of hydrogen-bond acceptors (Lipinski definition) is 5. The maximum atomic E-state index is 5.97. The first-order valence-corrected chi connectivity index (χ1v) is 7.19. The topological polar surface area (TPSA) is 74.2 Å². The van der Waals surface area contributed by atoms with E-state index in [1.54, 1.807) is 6.07 Å². The minimum absolute atomic E-state index is 0.363. The van der Waals surface area contributed by atoms with Crippen molar-refractivity contribution in [1.29, 1.82) is 0 Å². The van der Waals surface area contributed by atoms with Crippen molar-refractivity contribution in [2.45, 2.75) is 13.0 Å². The highest BCUT2D eigenvalue weighted by molar-refractivity contribution is 14.1. The van der Waals surface area contributed by atoms with E-state index in [0.29, 0.717) is 30.0 Å². The third-order valence-corrected chi connectivity index (χ3v) is 3.61. The number of rotatable bonds is 5. The van der Waals surface area contributed by atoms with E-state index >= 15 is 0 Å². The zero-order valence-corrected chi connectivity index (χ0v) is 13.2. The fraction of sp³-hybridized carbons (Fsp3) is 0.333. The molecule has 0 aliphatic heterocycles. The molecule has 5 nitrogen and oxygen atoms in total. The van der Waals surface area contributed by atoms with Crippen LogP contribution < -0.4 is 5.73 Å². The van der Waals surface area contributed by atoms with Crippen LogP contribution in [0.15, 0.2) is 22.7 Å². The Balaban J connectivity index is 2.23. The number of aromatic nitrogens is 2. The van der Waals surface area contributed by atoms with Gasteiger partial charge in [0, 0.05) is 15.2 Å². The number of nitrogens with zero attached hydrogens (tertiary/aromatic N) is 2. The predicted molar refractivity (Wildman–Crippen MR) is 80.9 cm³/mol. The molecule has 102 valence electrons. The third-order valence-electron chi connectivity index (χ3n) is 2.43. The van der Waals surface area contributed by atoms with Crippen LogP contribution in [0.4, 0.5) is 0 Å². The fourth-order valence-corrected chi connectivity index (χ4v) is 2.21. The molecule has 0 aliphatic rings. The van der Waals surface area contributed by atoms with E-state index in [-0.39, 0.29) is 0 Å². The molecule has 0 spiro atoms. The van der Waals surface area contributed by atoms with E-state index in [4.69, 9.17) is 26.6 Å². The van der Waals surface area contributed by atoms with Crippen LogP contribution in [0.3, 0.4) is 0 Å². The zero-order valence-electron chi connectivity index (χ0n) is 10.3. The van der Waals surface area contributed by atoms with Crippen LogP contribution in [0, 0.1) is 3.57 Å². The number of nitrogens with two attached hydrogens (primary N) is 1. The summed E-state index contributed by atoms with van der Waals surface area (Å²) in [5.41, 5.74) is 6.70. The van der Waals surface area contributed by atoms with Gasteiger partial charge in [-0.15, -0.1) is 0 Å². The Kier molecular flexibility index (Phi) is 5.14. The largest absolute Gasteiger partial charge is 0.380 e. The van der Waals surface area contributed by atoms with E-state index in [1.807, 2.05) is 19.1 Å². The van der Waals surface area contributed by atoms with Crippen LogP contribution in [0.2, 0.25) is 5.02 Å². The van der Waals surface area contributed by atoms with Crippen molar-refractivity contribution in [3.8, 4) is 11.5 Å². The maximum Gasteiger partial charge on any atom is 0.259 e. The van der Waals surface area contributed by atoms with Gasteiger partial charge in [0.25, 0.3) is 5.89 Å². The molecule has 1 aromatic heterocycles. The minimum atomic E-state index is -0.394. The van der Waals surface area contributed by atoms with Gasteiger partial charge in [0.15, 0.2) is 5.82 Å². The molecule has 0 aliphatic carbocycles. The molecule has 19 heavy (non-hydrogen) atoms. The van der Waals surface area contributed by atoms with Crippen molar-refractivity contribution in [3.05, 3.63) is 32.6 Å². The van der Waals surface area contributed by atoms with Crippen molar-refractivity contribution in [1.82, 2.24) is 10.1 Å². The standard InChI is InChI=1S/C12H13ClIN3O2/c1-2-18-6-10(15)11-16-12(19-17-11)8-5-7(13)3-4-9(8)14/h3-5,10H,2,6,15H2,1H3. The molecule has 0 amide bonds. The first-order chi connectivity index (χ1) is 9.11. The second-order valence-electron chi connectivity index (χ2n) is 3.85. The van der Waals surface area contributed by atoms with E-state index in [0.717, 1.165) is 9.13 Å². The molecule has 2 N–H and O–H groups in total. The van der Waals surface area contributed by atoms with Gasteiger partial charge < -0.3 is 15.0 Å². The molecule has 1 atom stereocenters. The SMILES string of the molecule is CCOCC(N)c1noc(-c2cc(Cl)ccc2I)n1. The van der Waals surface area contributed by atoms with Gasteiger partial charge in [-0.1, -0.05) is 16.8 Å². The summed E-state index contributed by atoms with van der Waals surface area (Å²) in [4.78, 5) is 4.29. The van der Waals surface area contributed by atoms with Crippen LogP contribution in [0.25, 0.3) is 11.5 Å². The summed E-state index contributed by atoms with van der Waals surface area (Å²) in [5.74, 6) is 0.841. The summed E-state index contributed by atoms with van der Waals surface area (Å²) in [5, 5.41) is 4.50. The molecular weight excluding hydrogens is 381 g/mol. The zero-order chi connectivity index (χ0) is 13.8. The van der Waals surface area contributed by atoms with E-state index in [9.17, 15) is 0 Å².